The zero-order valence-corrected chi connectivity index (χ0v) is 16.6. The molecular weight excluding hydrogens is 342 g/mol. The maximum absolute atomic E-state index is 12.3. The molecule has 1 aromatic heterocycles. The van der Waals surface area contributed by atoms with Gasteiger partial charge >= 0.3 is 0 Å². The Labute approximate surface area is 161 Å². The number of anilines is 2. The Kier molecular flexibility index (Phi) is 7.46. The number of aryl methyl sites for hydroxylation is 1. The third-order valence-electron chi connectivity index (χ3n) is 4.59. The standard InChI is InChI=1S/C21H29N3O3/c1-5-23(6-2)18-9-10-20(16(3)14-18)22-21(26)11-12-24(17(4)25)15-19-8-7-13-27-19/h7-10,13-14H,5-6,11-12,15H2,1-4H3,(H,22,26). The lowest BCUT2D eigenvalue weighted by molar-refractivity contribution is -0.130. The molecular formula is C21H29N3O3. The van der Waals surface area contributed by atoms with Crippen molar-refractivity contribution in [2.45, 2.75) is 40.7 Å². The van der Waals surface area contributed by atoms with Gasteiger partial charge in [0.2, 0.25) is 11.8 Å². The zero-order chi connectivity index (χ0) is 19.8. The third-order valence-corrected chi connectivity index (χ3v) is 4.59. The van der Waals surface area contributed by atoms with Gasteiger partial charge in [-0.3, -0.25) is 9.59 Å². The molecule has 1 heterocycles. The second kappa shape index (κ2) is 9.80. The van der Waals surface area contributed by atoms with Crippen LogP contribution in [0.25, 0.3) is 0 Å². The summed E-state index contributed by atoms with van der Waals surface area (Å²) >= 11 is 0. The molecule has 2 aromatic rings. The summed E-state index contributed by atoms with van der Waals surface area (Å²) in [6.07, 6.45) is 1.81. The summed E-state index contributed by atoms with van der Waals surface area (Å²) in [7, 11) is 0. The van der Waals surface area contributed by atoms with Crippen LogP contribution in [-0.4, -0.2) is 36.3 Å². The maximum atomic E-state index is 12.3. The first-order valence-corrected chi connectivity index (χ1v) is 9.37. The van der Waals surface area contributed by atoms with E-state index >= 15 is 0 Å². The average Bonchev–Trinajstić information content (AvgIpc) is 3.14. The number of rotatable bonds is 9. The van der Waals surface area contributed by atoms with E-state index in [1.54, 1.807) is 17.2 Å². The first-order chi connectivity index (χ1) is 12.9. The van der Waals surface area contributed by atoms with Gasteiger partial charge in [0.25, 0.3) is 0 Å². The number of benzene rings is 1. The minimum absolute atomic E-state index is 0.0843. The van der Waals surface area contributed by atoms with E-state index in [0.717, 1.165) is 30.0 Å². The fourth-order valence-electron chi connectivity index (χ4n) is 2.96. The van der Waals surface area contributed by atoms with Crippen LogP contribution in [0.1, 0.15) is 38.5 Å². The van der Waals surface area contributed by atoms with E-state index in [0.29, 0.717) is 18.8 Å². The third kappa shape index (κ3) is 5.88. The normalized spacial score (nSPS) is 10.5. The number of carbonyl (C=O) groups is 2. The van der Waals surface area contributed by atoms with Crippen molar-refractivity contribution in [3.8, 4) is 0 Å². The molecule has 2 rings (SSSR count). The Balaban J connectivity index is 1.93. The van der Waals surface area contributed by atoms with Crippen LogP contribution in [0.4, 0.5) is 11.4 Å². The molecule has 0 aliphatic carbocycles. The van der Waals surface area contributed by atoms with Gasteiger partial charge in [-0.05, 0) is 56.7 Å². The van der Waals surface area contributed by atoms with E-state index in [2.05, 4.69) is 30.1 Å². The highest BCUT2D eigenvalue weighted by Crippen LogP contribution is 2.22. The van der Waals surface area contributed by atoms with Crippen LogP contribution >= 0.6 is 0 Å². The Hall–Kier alpha value is -2.76. The Bertz CT molecular complexity index is 752. The molecule has 0 spiro atoms. The van der Waals surface area contributed by atoms with E-state index in [1.807, 2.05) is 25.1 Å². The van der Waals surface area contributed by atoms with Crippen LogP contribution in [0, 0.1) is 6.92 Å². The fourth-order valence-corrected chi connectivity index (χ4v) is 2.96. The molecule has 0 aliphatic rings. The number of nitrogens with one attached hydrogen (secondary N) is 1. The first-order valence-electron chi connectivity index (χ1n) is 9.37. The van der Waals surface area contributed by atoms with E-state index in [-0.39, 0.29) is 18.2 Å². The van der Waals surface area contributed by atoms with E-state index < -0.39 is 0 Å². The Morgan fingerprint density at radius 3 is 2.44 bits per heavy atom. The van der Waals surface area contributed by atoms with Gasteiger partial charge in [0.05, 0.1) is 12.8 Å². The van der Waals surface area contributed by atoms with E-state index in [1.165, 1.54) is 6.92 Å². The average molecular weight is 371 g/mol. The summed E-state index contributed by atoms with van der Waals surface area (Å²) < 4.78 is 5.28. The highest BCUT2D eigenvalue weighted by atomic mass is 16.3. The highest BCUT2D eigenvalue weighted by Gasteiger charge is 2.14. The Morgan fingerprint density at radius 2 is 1.89 bits per heavy atom. The molecule has 1 N–H and O–H groups in total. The topological polar surface area (TPSA) is 65.8 Å². The van der Waals surface area contributed by atoms with Gasteiger partial charge < -0.3 is 19.5 Å². The summed E-state index contributed by atoms with van der Waals surface area (Å²) in [6.45, 7) is 10.3. The van der Waals surface area contributed by atoms with Gasteiger partial charge in [-0.1, -0.05) is 0 Å². The molecule has 6 heteroatoms. The van der Waals surface area contributed by atoms with E-state index in [9.17, 15) is 9.59 Å². The lowest BCUT2D eigenvalue weighted by atomic mass is 10.1. The molecule has 146 valence electrons. The molecule has 6 nitrogen and oxygen atoms in total. The molecule has 2 amide bonds. The van der Waals surface area contributed by atoms with Crippen molar-refractivity contribution in [3.63, 3.8) is 0 Å². The molecule has 0 bridgehead atoms. The fraction of sp³-hybridized carbons (Fsp3) is 0.429. The minimum atomic E-state index is -0.112. The number of carbonyl (C=O) groups excluding carboxylic acids is 2. The molecule has 0 radical (unpaired) electrons. The smallest absolute Gasteiger partial charge is 0.226 e. The van der Waals surface area contributed by atoms with Crippen LogP contribution in [0.3, 0.4) is 0 Å². The van der Waals surface area contributed by atoms with Crippen molar-refractivity contribution in [2.24, 2.45) is 0 Å². The van der Waals surface area contributed by atoms with Crippen molar-refractivity contribution >= 4 is 23.2 Å². The van der Waals surface area contributed by atoms with Gasteiger partial charge in [-0.25, -0.2) is 0 Å². The Morgan fingerprint density at radius 1 is 1.15 bits per heavy atom. The van der Waals surface area contributed by atoms with Crippen molar-refractivity contribution in [1.29, 1.82) is 0 Å². The summed E-state index contributed by atoms with van der Waals surface area (Å²) in [6, 6.07) is 9.64. The van der Waals surface area contributed by atoms with Crippen LogP contribution in [-0.2, 0) is 16.1 Å². The molecule has 0 fully saturated rings. The second-order valence-corrected chi connectivity index (χ2v) is 6.49. The minimum Gasteiger partial charge on any atom is -0.467 e. The highest BCUT2D eigenvalue weighted by molar-refractivity contribution is 5.92. The van der Waals surface area contributed by atoms with Gasteiger partial charge in [0.1, 0.15) is 5.76 Å². The lowest BCUT2D eigenvalue weighted by Gasteiger charge is -2.22. The molecule has 0 saturated carbocycles. The number of nitrogens with zero attached hydrogens (tertiary/aromatic N) is 2. The van der Waals surface area contributed by atoms with E-state index in [4.69, 9.17) is 4.42 Å². The first kappa shape index (κ1) is 20.6. The quantitative estimate of drug-likeness (QED) is 0.728. The van der Waals surface area contributed by atoms with Gasteiger partial charge in [0.15, 0.2) is 0 Å². The van der Waals surface area contributed by atoms with Crippen LogP contribution in [0.5, 0.6) is 0 Å². The number of hydrogen-bond acceptors (Lipinski definition) is 4. The molecule has 0 unspecified atom stereocenters. The lowest BCUT2D eigenvalue weighted by Crippen LogP contribution is -2.31. The van der Waals surface area contributed by atoms with Crippen LogP contribution in [0.15, 0.2) is 41.0 Å². The van der Waals surface area contributed by atoms with Crippen molar-refractivity contribution in [1.82, 2.24) is 4.90 Å². The number of amides is 2. The summed E-state index contributed by atoms with van der Waals surface area (Å²) in [5.41, 5.74) is 2.97. The van der Waals surface area contributed by atoms with Crippen molar-refractivity contribution < 1.29 is 14.0 Å². The zero-order valence-electron chi connectivity index (χ0n) is 16.6. The molecule has 0 saturated heterocycles. The molecule has 0 atom stereocenters. The van der Waals surface area contributed by atoms with Crippen LogP contribution in [0.2, 0.25) is 0 Å². The molecule has 27 heavy (non-hydrogen) atoms. The van der Waals surface area contributed by atoms with Crippen molar-refractivity contribution in [3.05, 3.63) is 47.9 Å². The molecule has 0 aliphatic heterocycles. The number of furan rings is 1. The summed E-state index contributed by atoms with van der Waals surface area (Å²) in [4.78, 5) is 28.0. The largest absolute Gasteiger partial charge is 0.467 e. The SMILES string of the molecule is CCN(CC)c1ccc(NC(=O)CCN(Cc2ccco2)C(C)=O)c(C)c1. The summed E-state index contributed by atoms with van der Waals surface area (Å²) in [5, 5.41) is 2.95. The predicted molar refractivity (Wildman–Crippen MR) is 108 cm³/mol. The van der Waals surface area contributed by atoms with Gasteiger partial charge in [-0.2, -0.15) is 0 Å². The van der Waals surface area contributed by atoms with Gasteiger partial charge in [0, 0.05) is 44.4 Å². The van der Waals surface area contributed by atoms with Gasteiger partial charge in [-0.15, -0.1) is 0 Å². The van der Waals surface area contributed by atoms with Crippen molar-refractivity contribution in [2.75, 3.05) is 29.9 Å². The monoisotopic (exact) mass is 371 g/mol. The second-order valence-electron chi connectivity index (χ2n) is 6.49. The van der Waals surface area contributed by atoms with Crippen LogP contribution < -0.4 is 10.2 Å². The maximum Gasteiger partial charge on any atom is 0.226 e. The predicted octanol–water partition coefficient (Wildman–Crippen LogP) is 3.81. The number of hydrogen-bond donors (Lipinski definition) is 1. The molecule has 1 aromatic carbocycles. The summed E-state index contributed by atoms with van der Waals surface area (Å²) in [5.74, 6) is 0.506.